The maximum Gasteiger partial charge on any atom is 0.340 e. The fourth-order valence-corrected chi connectivity index (χ4v) is 2.28. The van der Waals surface area contributed by atoms with Crippen LogP contribution in [0.5, 0.6) is 17.4 Å². The summed E-state index contributed by atoms with van der Waals surface area (Å²) in [6, 6.07) is 10.4. The lowest BCUT2D eigenvalue weighted by atomic mass is 10.2. The molecule has 136 valence electrons. The highest BCUT2D eigenvalue weighted by Gasteiger charge is 2.21. The van der Waals surface area contributed by atoms with Crippen LogP contribution in [-0.2, 0) is 9.53 Å². The number of carbonyl (C=O) groups is 2. The van der Waals surface area contributed by atoms with E-state index in [4.69, 9.17) is 18.9 Å². The van der Waals surface area contributed by atoms with Crippen LogP contribution in [0.4, 0.5) is 0 Å². The molecule has 1 aliphatic heterocycles. The molecule has 1 aromatic heterocycles. The number of rotatable bonds is 6. The molecule has 1 atom stereocenters. The summed E-state index contributed by atoms with van der Waals surface area (Å²) in [5.41, 5.74) is 0.235. The van der Waals surface area contributed by atoms with E-state index in [-0.39, 0.29) is 18.2 Å². The third kappa shape index (κ3) is 4.41. The summed E-state index contributed by atoms with van der Waals surface area (Å²) in [6.45, 7) is 0.179. The summed E-state index contributed by atoms with van der Waals surface area (Å²) < 4.78 is 21.2. The molecule has 0 fully saturated rings. The number of aromatic nitrogens is 1. The summed E-state index contributed by atoms with van der Waals surface area (Å²) in [5, 5.41) is 2.65. The predicted octanol–water partition coefficient (Wildman–Crippen LogP) is 1.20. The first-order chi connectivity index (χ1) is 12.7. The van der Waals surface area contributed by atoms with Crippen LogP contribution in [0.1, 0.15) is 10.4 Å². The Kier molecular flexibility index (Phi) is 5.52. The van der Waals surface area contributed by atoms with Crippen molar-refractivity contribution in [3.05, 3.63) is 48.2 Å². The molecule has 0 aliphatic carbocycles. The topological polar surface area (TPSA) is 96.0 Å². The van der Waals surface area contributed by atoms with Gasteiger partial charge in [-0.05, 0) is 18.2 Å². The zero-order chi connectivity index (χ0) is 18.4. The first-order valence-corrected chi connectivity index (χ1v) is 7.98. The van der Waals surface area contributed by atoms with Gasteiger partial charge in [0.2, 0.25) is 5.88 Å². The van der Waals surface area contributed by atoms with Crippen LogP contribution in [0.25, 0.3) is 0 Å². The average molecular weight is 358 g/mol. The Morgan fingerprint density at radius 2 is 2.04 bits per heavy atom. The minimum absolute atomic E-state index is 0.235. The SMILES string of the molecule is COc1ccc(C(=O)OCC(=O)NC[C@H]2COc3ccccc3O2)cn1. The quantitative estimate of drug-likeness (QED) is 0.775. The summed E-state index contributed by atoms with van der Waals surface area (Å²) in [6.07, 6.45) is 1.01. The minimum atomic E-state index is -0.638. The summed E-state index contributed by atoms with van der Waals surface area (Å²) in [5.74, 6) is 0.632. The third-order valence-electron chi connectivity index (χ3n) is 3.61. The smallest absolute Gasteiger partial charge is 0.340 e. The molecule has 0 saturated carbocycles. The van der Waals surface area contributed by atoms with E-state index in [0.717, 1.165) is 0 Å². The molecule has 8 nitrogen and oxygen atoms in total. The highest BCUT2D eigenvalue weighted by molar-refractivity contribution is 5.91. The standard InChI is InChI=1S/C18H18N2O6/c1-23-17-7-6-12(8-20-17)18(22)25-11-16(21)19-9-13-10-24-14-4-2-3-5-15(14)26-13/h2-8,13H,9-11H2,1H3,(H,19,21)/t13-/m0/s1. The van der Waals surface area contributed by atoms with E-state index in [1.54, 1.807) is 6.07 Å². The fraction of sp³-hybridized carbons (Fsp3) is 0.278. The summed E-state index contributed by atoms with van der Waals surface area (Å²) >= 11 is 0. The molecule has 0 bridgehead atoms. The lowest BCUT2D eigenvalue weighted by molar-refractivity contribution is -0.124. The Morgan fingerprint density at radius 1 is 1.23 bits per heavy atom. The predicted molar refractivity (Wildman–Crippen MR) is 90.4 cm³/mol. The number of ether oxygens (including phenoxy) is 4. The van der Waals surface area contributed by atoms with Gasteiger partial charge in [0, 0.05) is 12.3 Å². The fourth-order valence-electron chi connectivity index (χ4n) is 2.28. The van der Waals surface area contributed by atoms with Crippen molar-refractivity contribution < 1.29 is 28.5 Å². The lowest BCUT2D eigenvalue weighted by Crippen LogP contribution is -2.42. The summed E-state index contributed by atoms with van der Waals surface area (Å²) in [4.78, 5) is 27.6. The Bertz CT molecular complexity index is 778. The number of nitrogens with zero attached hydrogens (tertiary/aromatic N) is 1. The van der Waals surface area contributed by atoms with Crippen LogP contribution in [0.2, 0.25) is 0 Å². The maximum atomic E-state index is 11.9. The number of benzene rings is 1. The molecular weight excluding hydrogens is 340 g/mol. The molecule has 8 heteroatoms. The highest BCUT2D eigenvalue weighted by Crippen LogP contribution is 2.30. The molecule has 1 aromatic carbocycles. The van der Waals surface area contributed by atoms with Crippen molar-refractivity contribution in [2.24, 2.45) is 0 Å². The van der Waals surface area contributed by atoms with E-state index in [1.807, 2.05) is 18.2 Å². The molecule has 0 unspecified atom stereocenters. The van der Waals surface area contributed by atoms with Gasteiger partial charge in [0.15, 0.2) is 18.1 Å². The molecule has 0 radical (unpaired) electrons. The number of hydrogen-bond donors (Lipinski definition) is 1. The third-order valence-corrected chi connectivity index (χ3v) is 3.61. The van der Waals surface area contributed by atoms with E-state index in [9.17, 15) is 9.59 Å². The Morgan fingerprint density at radius 3 is 2.77 bits per heavy atom. The van der Waals surface area contributed by atoms with Crippen molar-refractivity contribution in [3.63, 3.8) is 0 Å². The van der Waals surface area contributed by atoms with Crippen molar-refractivity contribution >= 4 is 11.9 Å². The number of amides is 1. The highest BCUT2D eigenvalue weighted by atomic mass is 16.6. The van der Waals surface area contributed by atoms with E-state index < -0.39 is 18.5 Å². The molecule has 1 N–H and O–H groups in total. The number of para-hydroxylation sites is 2. The van der Waals surface area contributed by atoms with Gasteiger partial charge >= 0.3 is 5.97 Å². The zero-order valence-corrected chi connectivity index (χ0v) is 14.1. The van der Waals surface area contributed by atoms with Crippen LogP contribution in [-0.4, -0.2) is 49.8 Å². The van der Waals surface area contributed by atoms with Gasteiger partial charge in [0.05, 0.1) is 19.2 Å². The largest absolute Gasteiger partial charge is 0.486 e. The second kappa shape index (κ2) is 8.19. The van der Waals surface area contributed by atoms with Gasteiger partial charge in [0.1, 0.15) is 12.7 Å². The van der Waals surface area contributed by atoms with Gasteiger partial charge < -0.3 is 24.3 Å². The zero-order valence-electron chi connectivity index (χ0n) is 14.1. The molecule has 2 heterocycles. The van der Waals surface area contributed by atoms with Gasteiger partial charge in [-0.3, -0.25) is 4.79 Å². The molecular formula is C18H18N2O6. The van der Waals surface area contributed by atoms with E-state index in [0.29, 0.717) is 24.0 Å². The Labute approximate surface area is 150 Å². The number of nitrogens with one attached hydrogen (secondary N) is 1. The Hall–Kier alpha value is -3.29. The van der Waals surface area contributed by atoms with Crippen LogP contribution in [0.3, 0.4) is 0 Å². The van der Waals surface area contributed by atoms with E-state index in [2.05, 4.69) is 10.3 Å². The average Bonchev–Trinajstić information content (AvgIpc) is 2.70. The monoisotopic (exact) mass is 358 g/mol. The minimum Gasteiger partial charge on any atom is -0.486 e. The number of methoxy groups -OCH3 is 1. The molecule has 26 heavy (non-hydrogen) atoms. The maximum absolute atomic E-state index is 11.9. The second-order valence-corrected chi connectivity index (χ2v) is 5.47. The number of fused-ring (bicyclic) bond motifs is 1. The molecule has 1 aliphatic rings. The van der Waals surface area contributed by atoms with Crippen LogP contribution < -0.4 is 19.5 Å². The number of esters is 1. The molecule has 2 aromatic rings. The summed E-state index contributed by atoms with van der Waals surface area (Å²) in [7, 11) is 1.48. The van der Waals surface area contributed by atoms with Crippen molar-refractivity contribution in [1.29, 1.82) is 0 Å². The van der Waals surface area contributed by atoms with Gasteiger partial charge in [0.25, 0.3) is 5.91 Å². The van der Waals surface area contributed by atoms with Gasteiger partial charge in [-0.25, -0.2) is 9.78 Å². The van der Waals surface area contributed by atoms with Gasteiger partial charge in [-0.1, -0.05) is 12.1 Å². The number of carbonyl (C=O) groups excluding carboxylic acids is 2. The van der Waals surface area contributed by atoms with E-state index >= 15 is 0 Å². The lowest BCUT2D eigenvalue weighted by Gasteiger charge is -2.26. The number of hydrogen-bond acceptors (Lipinski definition) is 7. The van der Waals surface area contributed by atoms with Crippen molar-refractivity contribution in [2.45, 2.75) is 6.10 Å². The molecule has 0 spiro atoms. The molecule has 0 saturated heterocycles. The first kappa shape index (κ1) is 17.5. The number of pyridine rings is 1. The first-order valence-electron chi connectivity index (χ1n) is 7.98. The van der Waals surface area contributed by atoms with Gasteiger partial charge in [-0.15, -0.1) is 0 Å². The molecule has 1 amide bonds. The second-order valence-electron chi connectivity index (χ2n) is 5.47. The van der Waals surface area contributed by atoms with Crippen molar-refractivity contribution in [1.82, 2.24) is 10.3 Å². The van der Waals surface area contributed by atoms with Crippen LogP contribution >= 0.6 is 0 Å². The van der Waals surface area contributed by atoms with E-state index in [1.165, 1.54) is 25.4 Å². The Balaban J connectivity index is 1.41. The normalized spacial score (nSPS) is 15.0. The van der Waals surface area contributed by atoms with Crippen molar-refractivity contribution in [2.75, 3.05) is 26.9 Å². The van der Waals surface area contributed by atoms with Crippen molar-refractivity contribution in [3.8, 4) is 17.4 Å². The van der Waals surface area contributed by atoms with Gasteiger partial charge in [-0.2, -0.15) is 0 Å². The molecule has 3 rings (SSSR count). The van der Waals surface area contributed by atoms with Crippen LogP contribution in [0.15, 0.2) is 42.6 Å². The van der Waals surface area contributed by atoms with Crippen LogP contribution in [0, 0.1) is 0 Å².